The fourth-order valence-corrected chi connectivity index (χ4v) is 1.94. The van der Waals surface area contributed by atoms with Gasteiger partial charge in [-0.2, -0.15) is 0 Å². The van der Waals surface area contributed by atoms with Crippen LogP contribution in [0.25, 0.3) is 0 Å². The van der Waals surface area contributed by atoms with Gasteiger partial charge in [-0.15, -0.1) is 0 Å². The molecular formula is C14H19N3. The highest BCUT2D eigenvalue weighted by Crippen LogP contribution is 2.19. The van der Waals surface area contributed by atoms with Gasteiger partial charge in [-0.25, -0.2) is 4.98 Å². The number of imidazole rings is 1. The fourth-order valence-electron chi connectivity index (χ4n) is 1.94. The van der Waals surface area contributed by atoms with Crippen molar-refractivity contribution >= 4 is 0 Å². The molecule has 1 atom stereocenters. The van der Waals surface area contributed by atoms with Gasteiger partial charge < -0.3 is 10.3 Å². The first-order valence-corrected chi connectivity index (χ1v) is 6.13. The van der Waals surface area contributed by atoms with E-state index in [9.17, 15) is 0 Å². The monoisotopic (exact) mass is 229 g/mol. The summed E-state index contributed by atoms with van der Waals surface area (Å²) in [5.41, 5.74) is 8.49. The lowest BCUT2D eigenvalue weighted by Gasteiger charge is -2.14. The van der Waals surface area contributed by atoms with Gasteiger partial charge in [-0.05, 0) is 12.0 Å². The van der Waals surface area contributed by atoms with Crippen LogP contribution in [0.3, 0.4) is 0 Å². The highest BCUT2D eigenvalue weighted by atomic mass is 15.1. The summed E-state index contributed by atoms with van der Waals surface area (Å²) >= 11 is 0. The number of aromatic nitrogens is 2. The number of benzene rings is 1. The number of nitrogens with two attached hydrogens (primary N) is 1. The maximum atomic E-state index is 6.27. The van der Waals surface area contributed by atoms with Crippen LogP contribution in [0.15, 0.2) is 42.9 Å². The SMILES string of the molecule is CCCCn1cncc1C(N)c1ccccc1. The minimum Gasteiger partial charge on any atom is -0.333 e. The van der Waals surface area contributed by atoms with Crippen LogP contribution in [0.2, 0.25) is 0 Å². The molecule has 1 aromatic carbocycles. The van der Waals surface area contributed by atoms with Crippen molar-refractivity contribution in [3.05, 3.63) is 54.1 Å². The Balaban J connectivity index is 2.19. The summed E-state index contributed by atoms with van der Waals surface area (Å²) in [6.07, 6.45) is 6.07. The van der Waals surface area contributed by atoms with E-state index < -0.39 is 0 Å². The fraction of sp³-hybridized carbons (Fsp3) is 0.357. The van der Waals surface area contributed by atoms with Crippen LogP contribution in [0.1, 0.15) is 37.1 Å². The van der Waals surface area contributed by atoms with Crippen molar-refractivity contribution in [2.24, 2.45) is 5.73 Å². The van der Waals surface area contributed by atoms with E-state index in [1.807, 2.05) is 30.7 Å². The molecule has 0 fully saturated rings. The summed E-state index contributed by atoms with van der Waals surface area (Å²) in [5.74, 6) is 0. The molecule has 0 radical (unpaired) electrons. The zero-order valence-electron chi connectivity index (χ0n) is 10.2. The largest absolute Gasteiger partial charge is 0.333 e. The van der Waals surface area contributed by atoms with Gasteiger partial charge in [0.2, 0.25) is 0 Å². The molecule has 0 aliphatic carbocycles. The van der Waals surface area contributed by atoms with E-state index in [1.165, 1.54) is 6.42 Å². The third-order valence-electron chi connectivity index (χ3n) is 2.97. The van der Waals surface area contributed by atoms with Crippen molar-refractivity contribution < 1.29 is 0 Å². The Bertz CT molecular complexity index is 448. The minimum atomic E-state index is -0.0874. The maximum absolute atomic E-state index is 6.27. The first-order chi connectivity index (χ1) is 8.33. The molecule has 2 aromatic rings. The van der Waals surface area contributed by atoms with Gasteiger partial charge in [0, 0.05) is 6.54 Å². The van der Waals surface area contributed by atoms with E-state index in [1.54, 1.807) is 0 Å². The Hall–Kier alpha value is -1.61. The summed E-state index contributed by atoms with van der Waals surface area (Å²) in [5, 5.41) is 0. The topological polar surface area (TPSA) is 43.8 Å². The van der Waals surface area contributed by atoms with Gasteiger partial charge in [-0.3, -0.25) is 0 Å². The summed E-state index contributed by atoms with van der Waals surface area (Å²) in [4.78, 5) is 4.20. The quantitative estimate of drug-likeness (QED) is 0.856. The lowest BCUT2D eigenvalue weighted by molar-refractivity contribution is 0.594. The second-order valence-electron chi connectivity index (χ2n) is 4.25. The van der Waals surface area contributed by atoms with Crippen LogP contribution in [0.4, 0.5) is 0 Å². The maximum Gasteiger partial charge on any atom is 0.0948 e. The van der Waals surface area contributed by atoms with E-state index in [2.05, 4.69) is 28.6 Å². The highest BCUT2D eigenvalue weighted by molar-refractivity contribution is 5.26. The van der Waals surface area contributed by atoms with Crippen LogP contribution in [0.5, 0.6) is 0 Å². The van der Waals surface area contributed by atoms with Crippen LogP contribution in [0, 0.1) is 0 Å². The Morgan fingerprint density at radius 2 is 2.06 bits per heavy atom. The zero-order chi connectivity index (χ0) is 12.1. The molecule has 3 heteroatoms. The molecular weight excluding hydrogens is 210 g/mol. The molecule has 0 aliphatic heterocycles. The van der Waals surface area contributed by atoms with Crippen LogP contribution < -0.4 is 5.73 Å². The molecule has 0 saturated carbocycles. The number of hydrogen-bond donors (Lipinski definition) is 1. The Labute approximate surface area is 102 Å². The van der Waals surface area contributed by atoms with E-state index in [4.69, 9.17) is 5.73 Å². The molecule has 1 unspecified atom stereocenters. The predicted octanol–water partition coefficient (Wildman–Crippen LogP) is 2.73. The second-order valence-corrected chi connectivity index (χ2v) is 4.25. The molecule has 0 bridgehead atoms. The molecule has 0 amide bonds. The minimum absolute atomic E-state index is 0.0874. The standard InChI is InChI=1S/C14H19N3/c1-2-3-9-17-11-16-10-13(17)14(15)12-7-5-4-6-8-12/h4-8,10-11,14H,2-3,9,15H2,1H3. The number of aryl methyl sites for hydroxylation is 1. The summed E-state index contributed by atoms with van der Waals surface area (Å²) in [6.45, 7) is 3.18. The highest BCUT2D eigenvalue weighted by Gasteiger charge is 2.12. The first kappa shape index (κ1) is 11.9. The Morgan fingerprint density at radius 1 is 1.29 bits per heavy atom. The molecule has 0 aliphatic rings. The number of hydrogen-bond acceptors (Lipinski definition) is 2. The van der Waals surface area contributed by atoms with Crippen LogP contribution >= 0.6 is 0 Å². The van der Waals surface area contributed by atoms with E-state index >= 15 is 0 Å². The lowest BCUT2D eigenvalue weighted by Crippen LogP contribution is -2.16. The van der Waals surface area contributed by atoms with Crippen molar-refractivity contribution in [3.63, 3.8) is 0 Å². The molecule has 0 saturated heterocycles. The molecule has 90 valence electrons. The molecule has 0 spiro atoms. The van der Waals surface area contributed by atoms with E-state index in [-0.39, 0.29) is 6.04 Å². The number of unbranched alkanes of at least 4 members (excludes halogenated alkanes) is 1. The van der Waals surface area contributed by atoms with Crippen molar-refractivity contribution in [1.82, 2.24) is 9.55 Å². The van der Waals surface area contributed by atoms with Crippen molar-refractivity contribution in [2.75, 3.05) is 0 Å². The zero-order valence-corrected chi connectivity index (χ0v) is 10.2. The molecule has 1 aromatic heterocycles. The average Bonchev–Trinajstić information content (AvgIpc) is 2.84. The van der Waals surface area contributed by atoms with Crippen molar-refractivity contribution in [1.29, 1.82) is 0 Å². The summed E-state index contributed by atoms with van der Waals surface area (Å²) in [6, 6.07) is 10.1. The third-order valence-corrected chi connectivity index (χ3v) is 2.97. The van der Waals surface area contributed by atoms with Crippen molar-refractivity contribution in [3.8, 4) is 0 Å². The number of rotatable bonds is 5. The third kappa shape index (κ3) is 2.74. The predicted molar refractivity (Wildman–Crippen MR) is 69.6 cm³/mol. The van der Waals surface area contributed by atoms with Gasteiger partial charge >= 0.3 is 0 Å². The van der Waals surface area contributed by atoms with Crippen molar-refractivity contribution in [2.45, 2.75) is 32.4 Å². The van der Waals surface area contributed by atoms with Gasteiger partial charge in [-0.1, -0.05) is 43.7 Å². The van der Waals surface area contributed by atoms with Crippen LogP contribution in [-0.2, 0) is 6.54 Å². The molecule has 1 heterocycles. The van der Waals surface area contributed by atoms with Gasteiger partial charge in [0.15, 0.2) is 0 Å². The first-order valence-electron chi connectivity index (χ1n) is 6.13. The van der Waals surface area contributed by atoms with E-state index in [0.29, 0.717) is 0 Å². The molecule has 2 rings (SSSR count). The molecule has 17 heavy (non-hydrogen) atoms. The summed E-state index contributed by atoms with van der Waals surface area (Å²) in [7, 11) is 0. The Kier molecular flexibility index (Phi) is 3.94. The summed E-state index contributed by atoms with van der Waals surface area (Å²) < 4.78 is 2.15. The Morgan fingerprint density at radius 3 is 2.76 bits per heavy atom. The normalized spacial score (nSPS) is 12.6. The molecule has 3 nitrogen and oxygen atoms in total. The molecule has 2 N–H and O–H groups in total. The van der Waals surface area contributed by atoms with Gasteiger partial charge in [0.25, 0.3) is 0 Å². The van der Waals surface area contributed by atoms with E-state index in [0.717, 1.165) is 24.2 Å². The van der Waals surface area contributed by atoms with Gasteiger partial charge in [0.05, 0.1) is 24.3 Å². The lowest BCUT2D eigenvalue weighted by atomic mass is 10.1. The average molecular weight is 229 g/mol. The van der Waals surface area contributed by atoms with Crippen LogP contribution in [-0.4, -0.2) is 9.55 Å². The second kappa shape index (κ2) is 5.64. The number of nitrogens with zero attached hydrogens (tertiary/aromatic N) is 2. The smallest absolute Gasteiger partial charge is 0.0948 e. The van der Waals surface area contributed by atoms with Gasteiger partial charge in [0.1, 0.15) is 0 Å².